The molecule has 0 aliphatic carbocycles. The zero-order valence-corrected chi connectivity index (χ0v) is 17.6. The van der Waals surface area contributed by atoms with Gasteiger partial charge in [-0.25, -0.2) is 4.79 Å². The molecule has 0 spiro atoms. The molecule has 0 saturated carbocycles. The molecular formula is C20H29N5O5. The number of benzene rings is 1. The van der Waals surface area contributed by atoms with Crippen molar-refractivity contribution in [3.05, 3.63) is 66.8 Å². The average Bonchev–Trinajstić information content (AvgIpc) is 2.74. The summed E-state index contributed by atoms with van der Waals surface area (Å²) in [6, 6.07) is 7.86. The van der Waals surface area contributed by atoms with Crippen LogP contribution >= 0.6 is 0 Å². The van der Waals surface area contributed by atoms with Crippen molar-refractivity contribution in [3.63, 3.8) is 0 Å². The number of aliphatic hydroxyl groups excluding tert-OH is 1. The summed E-state index contributed by atoms with van der Waals surface area (Å²) >= 11 is 0. The first-order chi connectivity index (χ1) is 14.2. The first-order valence-corrected chi connectivity index (χ1v) is 9.83. The van der Waals surface area contributed by atoms with E-state index >= 15 is 0 Å². The zero-order valence-electron chi connectivity index (χ0n) is 17.6. The third-order valence-electron chi connectivity index (χ3n) is 5.18. The second-order valence-electron chi connectivity index (χ2n) is 7.29. The minimum absolute atomic E-state index is 0.0158. The van der Waals surface area contributed by atoms with Crippen LogP contribution in [0.1, 0.15) is 18.9 Å². The summed E-state index contributed by atoms with van der Waals surface area (Å²) in [4.78, 5) is 36.3. The molecule has 1 heterocycles. The fraction of sp³-hybridized carbons (Fsp3) is 0.500. The Balaban J connectivity index is 1.91. The number of non-ortho nitro benzene ring substituents is 1. The number of rotatable bonds is 11. The topological polar surface area (TPSA) is 123 Å². The van der Waals surface area contributed by atoms with Gasteiger partial charge >= 0.3 is 5.69 Å². The Labute approximate surface area is 174 Å². The number of nitrogens with zero attached hydrogens (tertiary/aromatic N) is 4. The normalized spacial score (nSPS) is 12.2. The van der Waals surface area contributed by atoms with Crippen molar-refractivity contribution < 1.29 is 10.0 Å². The van der Waals surface area contributed by atoms with E-state index in [9.17, 15) is 24.8 Å². The second kappa shape index (κ2) is 10.7. The lowest BCUT2D eigenvalue weighted by atomic mass is 10.1. The molecule has 1 unspecified atom stereocenters. The third kappa shape index (κ3) is 6.01. The highest BCUT2D eigenvalue weighted by Gasteiger charge is 2.13. The van der Waals surface area contributed by atoms with Gasteiger partial charge in [0, 0.05) is 51.4 Å². The van der Waals surface area contributed by atoms with E-state index in [0.29, 0.717) is 18.9 Å². The molecular weight excluding hydrogens is 390 g/mol. The highest BCUT2D eigenvalue weighted by Crippen LogP contribution is 2.13. The Morgan fingerprint density at radius 3 is 2.43 bits per heavy atom. The Hall–Kier alpha value is -2.98. The Kier molecular flexibility index (Phi) is 8.31. The molecule has 10 heteroatoms. The van der Waals surface area contributed by atoms with E-state index in [1.54, 1.807) is 19.2 Å². The first-order valence-electron chi connectivity index (χ1n) is 9.83. The number of aromatic nitrogens is 2. The van der Waals surface area contributed by atoms with E-state index in [0.717, 1.165) is 29.5 Å². The highest BCUT2D eigenvalue weighted by atomic mass is 16.6. The molecule has 1 aromatic heterocycles. The van der Waals surface area contributed by atoms with Crippen LogP contribution in [0.4, 0.5) is 11.5 Å². The van der Waals surface area contributed by atoms with E-state index in [1.165, 1.54) is 29.8 Å². The molecule has 2 N–H and O–H groups in total. The molecule has 0 fully saturated rings. The number of nitro groups is 1. The summed E-state index contributed by atoms with van der Waals surface area (Å²) in [5.74, 6) is 0.450. The van der Waals surface area contributed by atoms with Crippen molar-refractivity contribution in [1.82, 2.24) is 14.0 Å². The molecule has 10 nitrogen and oxygen atoms in total. The maximum Gasteiger partial charge on any atom is 0.332 e. The maximum atomic E-state index is 12.0. The lowest BCUT2D eigenvalue weighted by molar-refractivity contribution is -0.384. The zero-order chi connectivity index (χ0) is 22.3. The summed E-state index contributed by atoms with van der Waals surface area (Å²) in [5.41, 5.74) is 0.328. The van der Waals surface area contributed by atoms with Gasteiger partial charge in [0.25, 0.3) is 11.2 Å². The van der Waals surface area contributed by atoms with Crippen LogP contribution in [0.15, 0.2) is 39.9 Å². The molecule has 0 saturated heterocycles. The highest BCUT2D eigenvalue weighted by molar-refractivity contribution is 5.34. The summed E-state index contributed by atoms with van der Waals surface area (Å²) in [6.45, 7) is 3.80. The standard InChI is InChI=1S/C20H29N5O5/c1-15(14-26)24(11-4-5-16-6-8-17(9-7-16)25(29)30)12-10-21-18-13-19(27)23(3)20(28)22(18)2/h6-9,13,15,21,26H,4-5,10-12,14H2,1-3H3. The molecule has 30 heavy (non-hydrogen) atoms. The summed E-state index contributed by atoms with van der Waals surface area (Å²) in [6.07, 6.45) is 1.59. The molecule has 0 amide bonds. The van der Waals surface area contributed by atoms with Crippen LogP contribution in [0.25, 0.3) is 0 Å². The van der Waals surface area contributed by atoms with Gasteiger partial charge in [0.05, 0.1) is 11.5 Å². The molecule has 164 valence electrons. The van der Waals surface area contributed by atoms with Gasteiger partial charge in [-0.05, 0) is 31.9 Å². The number of hydrogen-bond acceptors (Lipinski definition) is 7. The van der Waals surface area contributed by atoms with E-state index in [2.05, 4.69) is 10.2 Å². The van der Waals surface area contributed by atoms with Crippen LogP contribution in [0.3, 0.4) is 0 Å². The molecule has 0 aliphatic heterocycles. The van der Waals surface area contributed by atoms with Gasteiger partial charge in [-0.2, -0.15) is 0 Å². The molecule has 0 aliphatic rings. The van der Waals surface area contributed by atoms with Crippen molar-refractivity contribution in [2.24, 2.45) is 14.1 Å². The smallest absolute Gasteiger partial charge is 0.332 e. The number of hydrogen-bond donors (Lipinski definition) is 2. The Bertz CT molecular complexity index is 967. The van der Waals surface area contributed by atoms with E-state index in [-0.39, 0.29) is 23.9 Å². The summed E-state index contributed by atoms with van der Waals surface area (Å²) < 4.78 is 2.43. The fourth-order valence-corrected chi connectivity index (χ4v) is 3.17. The Morgan fingerprint density at radius 1 is 1.17 bits per heavy atom. The van der Waals surface area contributed by atoms with Gasteiger partial charge in [-0.1, -0.05) is 12.1 Å². The van der Waals surface area contributed by atoms with Gasteiger partial charge in [-0.15, -0.1) is 0 Å². The third-order valence-corrected chi connectivity index (χ3v) is 5.18. The molecule has 0 radical (unpaired) electrons. The first kappa shape index (κ1) is 23.3. The molecule has 1 aromatic carbocycles. The summed E-state index contributed by atoms with van der Waals surface area (Å²) in [5, 5.41) is 23.4. The van der Waals surface area contributed by atoms with Crippen LogP contribution in [-0.2, 0) is 20.5 Å². The van der Waals surface area contributed by atoms with Crippen LogP contribution < -0.4 is 16.6 Å². The van der Waals surface area contributed by atoms with Crippen LogP contribution in [0.2, 0.25) is 0 Å². The van der Waals surface area contributed by atoms with Gasteiger partial charge < -0.3 is 10.4 Å². The minimum atomic E-state index is -0.417. The van der Waals surface area contributed by atoms with E-state index in [4.69, 9.17) is 0 Å². The van der Waals surface area contributed by atoms with Crippen LogP contribution in [0, 0.1) is 10.1 Å². The second-order valence-corrected chi connectivity index (χ2v) is 7.29. The SMILES string of the molecule is CC(CO)N(CCCc1ccc([N+](=O)[O-])cc1)CCNc1cc(=O)n(C)c(=O)n1C. The quantitative estimate of drug-likeness (QED) is 0.406. The van der Waals surface area contributed by atoms with Crippen LogP contribution in [0.5, 0.6) is 0 Å². The number of nitrogens with one attached hydrogen (secondary N) is 1. The minimum Gasteiger partial charge on any atom is -0.395 e. The summed E-state index contributed by atoms with van der Waals surface area (Å²) in [7, 11) is 3.03. The largest absolute Gasteiger partial charge is 0.395 e. The number of anilines is 1. The number of aliphatic hydroxyl groups is 1. The van der Waals surface area contributed by atoms with Crippen molar-refractivity contribution in [1.29, 1.82) is 0 Å². The van der Waals surface area contributed by atoms with Crippen molar-refractivity contribution >= 4 is 11.5 Å². The molecule has 0 bridgehead atoms. The number of aryl methyl sites for hydroxylation is 1. The van der Waals surface area contributed by atoms with Crippen molar-refractivity contribution in [2.75, 3.05) is 31.6 Å². The van der Waals surface area contributed by atoms with Crippen LogP contribution in [-0.4, -0.2) is 56.3 Å². The Morgan fingerprint density at radius 2 is 1.83 bits per heavy atom. The van der Waals surface area contributed by atoms with E-state index < -0.39 is 10.6 Å². The predicted octanol–water partition coefficient (Wildman–Crippen LogP) is 0.720. The van der Waals surface area contributed by atoms with Gasteiger partial charge in [0.1, 0.15) is 5.82 Å². The lowest BCUT2D eigenvalue weighted by Gasteiger charge is -2.28. The van der Waals surface area contributed by atoms with Gasteiger partial charge in [-0.3, -0.25) is 28.9 Å². The fourth-order valence-electron chi connectivity index (χ4n) is 3.17. The predicted molar refractivity (Wildman–Crippen MR) is 115 cm³/mol. The van der Waals surface area contributed by atoms with Crippen molar-refractivity contribution in [3.8, 4) is 0 Å². The van der Waals surface area contributed by atoms with Gasteiger partial charge in [0.15, 0.2) is 0 Å². The molecule has 1 atom stereocenters. The average molecular weight is 419 g/mol. The lowest BCUT2D eigenvalue weighted by Crippen LogP contribution is -2.41. The maximum absolute atomic E-state index is 12.0. The van der Waals surface area contributed by atoms with E-state index in [1.807, 2.05) is 6.92 Å². The monoisotopic (exact) mass is 419 g/mol. The molecule has 2 rings (SSSR count). The van der Waals surface area contributed by atoms with Gasteiger partial charge in [0.2, 0.25) is 0 Å². The van der Waals surface area contributed by atoms with Crippen molar-refractivity contribution in [2.45, 2.75) is 25.8 Å². The molecule has 2 aromatic rings. The number of nitro benzene ring substituents is 1.